The third-order valence-electron chi connectivity index (χ3n) is 6.19. The molecule has 3 nitrogen and oxygen atoms in total. The molecule has 0 fully saturated rings. The standard InChI is InChI=1S/C28H19ClF8N2O/c29-20-7-9-24(38-15-20)26(14-16-4-2-1-3-5-16,18-11-19(27(32,33)34)13-21(30)12-18)39-25(40)17-6-8-23(31)22(10-17)28(35,36)37/h1-13,15,25,39-40H,14H2. The van der Waals surface area contributed by atoms with Crippen LogP contribution in [0.4, 0.5) is 35.1 Å². The first-order valence-corrected chi connectivity index (χ1v) is 11.9. The maximum Gasteiger partial charge on any atom is 0.419 e. The molecule has 0 aliphatic heterocycles. The van der Waals surface area contributed by atoms with E-state index in [0.717, 1.165) is 12.1 Å². The molecule has 0 amide bonds. The Labute approximate surface area is 228 Å². The molecule has 3 aromatic carbocycles. The molecule has 2 N–H and O–H groups in total. The van der Waals surface area contributed by atoms with Gasteiger partial charge in [0.05, 0.1) is 27.4 Å². The molecule has 1 aromatic heterocycles. The van der Waals surface area contributed by atoms with Crippen molar-refractivity contribution in [2.45, 2.75) is 30.5 Å². The fourth-order valence-corrected chi connectivity index (χ4v) is 4.44. The molecule has 0 saturated carbocycles. The third kappa shape index (κ3) is 6.43. The summed E-state index contributed by atoms with van der Waals surface area (Å²) >= 11 is 5.97. The van der Waals surface area contributed by atoms with Crippen molar-refractivity contribution >= 4 is 11.6 Å². The zero-order valence-corrected chi connectivity index (χ0v) is 20.9. The zero-order chi connectivity index (χ0) is 29.3. The van der Waals surface area contributed by atoms with E-state index in [1.54, 1.807) is 30.3 Å². The van der Waals surface area contributed by atoms with Gasteiger partial charge >= 0.3 is 12.4 Å². The van der Waals surface area contributed by atoms with Gasteiger partial charge in [-0.05, 0) is 59.2 Å². The number of pyridine rings is 1. The Hall–Kier alpha value is -3.54. The molecule has 210 valence electrons. The van der Waals surface area contributed by atoms with Crippen LogP contribution in [0.25, 0.3) is 0 Å². The quantitative estimate of drug-likeness (QED) is 0.171. The number of nitrogens with zero attached hydrogens (tertiary/aromatic N) is 1. The summed E-state index contributed by atoms with van der Waals surface area (Å²) < 4.78 is 110. The highest BCUT2D eigenvalue weighted by Gasteiger charge is 2.42. The molecular weight excluding hydrogens is 568 g/mol. The van der Waals surface area contributed by atoms with Crippen molar-refractivity contribution in [2.24, 2.45) is 0 Å². The van der Waals surface area contributed by atoms with E-state index in [-0.39, 0.29) is 28.8 Å². The van der Waals surface area contributed by atoms with Gasteiger partial charge in [-0.3, -0.25) is 10.3 Å². The molecule has 40 heavy (non-hydrogen) atoms. The first-order valence-electron chi connectivity index (χ1n) is 11.6. The number of benzene rings is 3. The second-order valence-corrected chi connectivity index (χ2v) is 9.38. The highest BCUT2D eigenvalue weighted by Crippen LogP contribution is 2.40. The lowest BCUT2D eigenvalue weighted by Crippen LogP contribution is -2.48. The molecule has 0 bridgehead atoms. The van der Waals surface area contributed by atoms with Crippen LogP contribution < -0.4 is 5.32 Å². The maximum absolute atomic E-state index is 14.7. The largest absolute Gasteiger partial charge is 0.419 e. The fourth-order valence-electron chi connectivity index (χ4n) is 4.33. The molecule has 4 aromatic rings. The minimum absolute atomic E-state index is 0.0308. The minimum Gasteiger partial charge on any atom is -0.374 e. The topological polar surface area (TPSA) is 45.1 Å². The number of halogens is 9. The Morgan fingerprint density at radius 2 is 1.48 bits per heavy atom. The van der Waals surface area contributed by atoms with Gasteiger partial charge in [0.15, 0.2) is 0 Å². The van der Waals surface area contributed by atoms with Crippen LogP contribution in [0.1, 0.15) is 39.7 Å². The molecule has 12 heteroatoms. The number of hydrogen-bond acceptors (Lipinski definition) is 3. The molecule has 0 radical (unpaired) electrons. The molecule has 0 spiro atoms. The molecule has 0 saturated heterocycles. The predicted molar refractivity (Wildman–Crippen MR) is 131 cm³/mol. The Balaban J connectivity index is 1.97. The van der Waals surface area contributed by atoms with E-state index in [0.29, 0.717) is 23.8 Å². The van der Waals surface area contributed by atoms with Crippen LogP contribution in [0.5, 0.6) is 0 Å². The van der Waals surface area contributed by atoms with Gasteiger partial charge in [-0.15, -0.1) is 0 Å². The second kappa shape index (κ2) is 11.1. The van der Waals surface area contributed by atoms with Gasteiger partial charge in [0.1, 0.15) is 17.9 Å². The van der Waals surface area contributed by atoms with Crippen molar-refractivity contribution in [1.29, 1.82) is 0 Å². The highest BCUT2D eigenvalue weighted by atomic mass is 35.5. The Morgan fingerprint density at radius 3 is 2.08 bits per heavy atom. The van der Waals surface area contributed by atoms with Crippen molar-refractivity contribution in [2.75, 3.05) is 0 Å². The van der Waals surface area contributed by atoms with E-state index >= 15 is 0 Å². The van der Waals surface area contributed by atoms with Crippen LogP contribution in [0.15, 0.2) is 85.1 Å². The lowest BCUT2D eigenvalue weighted by molar-refractivity contribution is -0.140. The van der Waals surface area contributed by atoms with E-state index in [1.165, 1.54) is 18.3 Å². The lowest BCUT2D eigenvalue weighted by atomic mass is 9.79. The van der Waals surface area contributed by atoms with Crippen LogP contribution in [-0.4, -0.2) is 10.1 Å². The van der Waals surface area contributed by atoms with Gasteiger partial charge in [0, 0.05) is 12.6 Å². The van der Waals surface area contributed by atoms with Crippen molar-refractivity contribution in [1.82, 2.24) is 10.3 Å². The summed E-state index contributed by atoms with van der Waals surface area (Å²) in [5.41, 5.74) is -5.28. The van der Waals surface area contributed by atoms with Crippen molar-refractivity contribution in [3.8, 4) is 0 Å². The molecular formula is C28H19ClF8N2O. The van der Waals surface area contributed by atoms with Gasteiger partial charge in [-0.2, -0.15) is 26.3 Å². The molecule has 2 atom stereocenters. The van der Waals surface area contributed by atoms with E-state index in [4.69, 9.17) is 11.6 Å². The molecule has 2 unspecified atom stereocenters. The highest BCUT2D eigenvalue weighted by molar-refractivity contribution is 6.30. The van der Waals surface area contributed by atoms with E-state index in [2.05, 4.69) is 10.3 Å². The van der Waals surface area contributed by atoms with Gasteiger partial charge in [0.2, 0.25) is 0 Å². The van der Waals surface area contributed by atoms with Gasteiger partial charge < -0.3 is 5.11 Å². The number of aromatic nitrogens is 1. The third-order valence-corrected chi connectivity index (χ3v) is 6.41. The smallest absolute Gasteiger partial charge is 0.374 e. The Bertz CT molecular complexity index is 1480. The first-order chi connectivity index (χ1) is 18.7. The molecule has 0 aliphatic carbocycles. The van der Waals surface area contributed by atoms with Crippen LogP contribution in [0.2, 0.25) is 5.02 Å². The summed E-state index contributed by atoms with van der Waals surface area (Å²) in [4.78, 5) is 4.21. The molecule has 1 heterocycles. The summed E-state index contributed by atoms with van der Waals surface area (Å²) in [6.07, 6.45) is -11.1. The van der Waals surface area contributed by atoms with Gasteiger partial charge in [-0.1, -0.05) is 48.0 Å². The fraction of sp³-hybridized carbons (Fsp3) is 0.179. The molecule has 0 aliphatic rings. The average molecular weight is 587 g/mol. The second-order valence-electron chi connectivity index (χ2n) is 8.94. The van der Waals surface area contributed by atoms with Crippen LogP contribution in [-0.2, 0) is 24.3 Å². The SMILES string of the molecule is OC(NC(Cc1ccccc1)(c1cc(F)cc(C(F)(F)F)c1)c1ccc(Cl)cn1)c1ccc(F)c(C(F)(F)F)c1. The number of alkyl halides is 6. The Morgan fingerprint density at radius 1 is 0.800 bits per heavy atom. The molecule has 4 rings (SSSR count). The zero-order valence-electron chi connectivity index (χ0n) is 20.2. The number of rotatable bonds is 7. The van der Waals surface area contributed by atoms with Crippen molar-refractivity contribution in [3.63, 3.8) is 0 Å². The number of aliphatic hydroxyl groups is 1. The van der Waals surface area contributed by atoms with Crippen LogP contribution in [0.3, 0.4) is 0 Å². The van der Waals surface area contributed by atoms with Crippen LogP contribution in [0, 0.1) is 11.6 Å². The summed E-state index contributed by atoms with van der Waals surface area (Å²) in [6.45, 7) is 0. The predicted octanol–water partition coefficient (Wildman–Crippen LogP) is 7.82. The summed E-state index contributed by atoms with van der Waals surface area (Å²) in [6, 6.07) is 14.4. The lowest BCUT2D eigenvalue weighted by Gasteiger charge is -2.38. The Kier molecular flexibility index (Phi) is 8.21. The van der Waals surface area contributed by atoms with E-state index in [1.807, 2.05) is 0 Å². The monoisotopic (exact) mass is 586 g/mol. The summed E-state index contributed by atoms with van der Waals surface area (Å²) in [5.74, 6) is -2.84. The normalized spacial score (nSPS) is 14.6. The number of hydrogen-bond donors (Lipinski definition) is 2. The van der Waals surface area contributed by atoms with E-state index < -0.39 is 52.4 Å². The van der Waals surface area contributed by atoms with Crippen molar-refractivity contribution in [3.05, 3.63) is 135 Å². The van der Waals surface area contributed by atoms with Gasteiger partial charge in [0.25, 0.3) is 0 Å². The summed E-state index contributed by atoms with van der Waals surface area (Å²) in [5, 5.41) is 14.0. The van der Waals surface area contributed by atoms with Crippen LogP contribution >= 0.6 is 11.6 Å². The first kappa shape index (κ1) is 29.4. The van der Waals surface area contributed by atoms with Gasteiger partial charge in [-0.25, -0.2) is 8.78 Å². The summed E-state index contributed by atoms with van der Waals surface area (Å²) in [7, 11) is 0. The number of nitrogens with one attached hydrogen (secondary N) is 1. The average Bonchev–Trinajstić information content (AvgIpc) is 2.88. The van der Waals surface area contributed by atoms with E-state index in [9.17, 15) is 40.2 Å². The van der Waals surface area contributed by atoms with Crippen molar-refractivity contribution < 1.29 is 40.2 Å². The minimum atomic E-state index is -5.09. The maximum atomic E-state index is 14.7. The number of aliphatic hydroxyl groups excluding tert-OH is 1.